The normalized spacial score (nSPS) is 9.76. The predicted molar refractivity (Wildman–Crippen MR) is 69.7 cm³/mol. The third-order valence-corrected chi connectivity index (χ3v) is 2.39. The van der Waals surface area contributed by atoms with E-state index in [1.54, 1.807) is 13.2 Å². The number of ether oxygens (including phenoxy) is 2. The smallest absolute Gasteiger partial charge is 0.165 e. The quantitative estimate of drug-likeness (QED) is 0.624. The highest BCUT2D eigenvalue weighted by Gasteiger charge is 2.12. The molecule has 0 radical (unpaired) electrons. The van der Waals surface area contributed by atoms with Crippen LogP contribution in [0.1, 0.15) is 12.0 Å². The molecule has 0 unspecified atom stereocenters. The Balaban J connectivity index is 2.99. The van der Waals surface area contributed by atoms with Gasteiger partial charge in [0.25, 0.3) is 0 Å². The van der Waals surface area contributed by atoms with E-state index in [2.05, 4.69) is 11.2 Å². The van der Waals surface area contributed by atoms with Crippen molar-refractivity contribution in [2.45, 2.75) is 13.0 Å². The van der Waals surface area contributed by atoms with Crippen LogP contribution in [-0.2, 0) is 6.54 Å². The van der Waals surface area contributed by atoms with Crippen molar-refractivity contribution < 1.29 is 9.47 Å². The lowest BCUT2D eigenvalue weighted by Crippen LogP contribution is -2.09. The maximum Gasteiger partial charge on any atom is 0.165 e. The number of terminal acetylenes is 1. The monoisotopic (exact) mass is 253 g/mol. The number of hydrogen-bond acceptors (Lipinski definition) is 3. The summed E-state index contributed by atoms with van der Waals surface area (Å²) in [6.07, 6.45) is 5.75. The molecule has 0 heterocycles. The molecule has 0 spiro atoms. The van der Waals surface area contributed by atoms with Gasteiger partial charge in [0.1, 0.15) is 0 Å². The average Bonchev–Trinajstić information content (AvgIpc) is 2.31. The van der Waals surface area contributed by atoms with Crippen molar-refractivity contribution in [3.05, 3.63) is 22.7 Å². The van der Waals surface area contributed by atoms with Crippen LogP contribution in [0, 0.1) is 12.3 Å². The van der Waals surface area contributed by atoms with Crippen LogP contribution >= 0.6 is 11.6 Å². The first kappa shape index (κ1) is 13.7. The molecule has 1 aromatic carbocycles. The zero-order valence-electron chi connectivity index (χ0n) is 10.0. The van der Waals surface area contributed by atoms with E-state index in [1.807, 2.05) is 13.1 Å². The Hall–Kier alpha value is -1.37. The number of nitrogens with one attached hydrogen (secondary N) is 1. The molecule has 92 valence electrons. The zero-order chi connectivity index (χ0) is 12.7. The third kappa shape index (κ3) is 3.85. The van der Waals surface area contributed by atoms with E-state index >= 15 is 0 Å². The van der Waals surface area contributed by atoms with Crippen LogP contribution in [0.5, 0.6) is 11.5 Å². The molecular weight excluding hydrogens is 238 g/mol. The highest BCUT2D eigenvalue weighted by atomic mass is 35.5. The van der Waals surface area contributed by atoms with Gasteiger partial charge in [-0.2, -0.15) is 0 Å². The fraction of sp³-hybridized carbons (Fsp3) is 0.385. The summed E-state index contributed by atoms with van der Waals surface area (Å²) in [7, 11) is 3.45. The molecule has 0 aromatic heterocycles. The van der Waals surface area contributed by atoms with Gasteiger partial charge in [0, 0.05) is 29.6 Å². The molecule has 1 aromatic rings. The van der Waals surface area contributed by atoms with Crippen LogP contribution < -0.4 is 14.8 Å². The van der Waals surface area contributed by atoms with E-state index in [9.17, 15) is 0 Å². The Bertz CT molecular complexity index is 413. The lowest BCUT2D eigenvalue weighted by atomic mass is 10.2. The predicted octanol–water partition coefficient (Wildman–Crippen LogP) is 2.47. The van der Waals surface area contributed by atoms with Crippen LogP contribution in [0.25, 0.3) is 0 Å². The summed E-state index contributed by atoms with van der Waals surface area (Å²) in [5, 5.41) is 3.68. The lowest BCUT2D eigenvalue weighted by molar-refractivity contribution is 0.298. The van der Waals surface area contributed by atoms with Gasteiger partial charge in [-0.15, -0.1) is 12.3 Å². The van der Waals surface area contributed by atoms with Crippen molar-refractivity contribution >= 4 is 11.6 Å². The molecule has 0 saturated heterocycles. The van der Waals surface area contributed by atoms with Gasteiger partial charge in [0.15, 0.2) is 11.5 Å². The molecular formula is C13H16ClNO2. The molecule has 1 N–H and O–H groups in total. The number of benzene rings is 1. The van der Waals surface area contributed by atoms with Crippen LogP contribution in [0.4, 0.5) is 0 Å². The molecule has 0 aliphatic rings. The summed E-state index contributed by atoms with van der Waals surface area (Å²) < 4.78 is 10.9. The van der Waals surface area contributed by atoms with Gasteiger partial charge >= 0.3 is 0 Å². The zero-order valence-corrected chi connectivity index (χ0v) is 10.8. The van der Waals surface area contributed by atoms with E-state index in [4.69, 9.17) is 27.5 Å². The summed E-state index contributed by atoms with van der Waals surface area (Å²) in [6, 6.07) is 3.58. The van der Waals surface area contributed by atoms with Crippen molar-refractivity contribution in [1.82, 2.24) is 5.32 Å². The summed E-state index contributed by atoms with van der Waals surface area (Å²) >= 11 is 6.00. The van der Waals surface area contributed by atoms with Gasteiger partial charge in [0.2, 0.25) is 0 Å². The minimum atomic E-state index is 0.463. The van der Waals surface area contributed by atoms with Gasteiger partial charge in [-0.1, -0.05) is 11.6 Å². The van der Waals surface area contributed by atoms with Gasteiger partial charge in [-0.05, 0) is 13.1 Å². The molecule has 17 heavy (non-hydrogen) atoms. The molecule has 3 nitrogen and oxygen atoms in total. The Morgan fingerprint density at radius 2 is 2.24 bits per heavy atom. The lowest BCUT2D eigenvalue weighted by Gasteiger charge is -2.15. The largest absolute Gasteiger partial charge is 0.493 e. The van der Waals surface area contributed by atoms with E-state index in [0.717, 1.165) is 5.56 Å². The summed E-state index contributed by atoms with van der Waals surface area (Å²) in [5.74, 6) is 3.85. The first-order chi connectivity index (χ1) is 8.22. The molecule has 0 fully saturated rings. The van der Waals surface area contributed by atoms with Crippen molar-refractivity contribution in [3.63, 3.8) is 0 Å². The van der Waals surface area contributed by atoms with E-state index in [1.165, 1.54) is 0 Å². The highest BCUT2D eigenvalue weighted by molar-refractivity contribution is 6.30. The second-order valence-corrected chi connectivity index (χ2v) is 3.87. The Morgan fingerprint density at radius 3 is 2.82 bits per heavy atom. The fourth-order valence-corrected chi connectivity index (χ4v) is 1.70. The van der Waals surface area contributed by atoms with Crippen molar-refractivity contribution in [2.24, 2.45) is 0 Å². The van der Waals surface area contributed by atoms with Crippen molar-refractivity contribution in [2.75, 3.05) is 20.8 Å². The summed E-state index contributed by atoms with van der Waals surface area (Å²) in [4.78, 5) is 0. The summed E-state index contributed by atoms with van der Waals surface area (Å²) in [5.41, 5.74) is 0.953. The Labute approximate surface area is 107 Å². The van der Waals surface area contributed by atoms with Crippen LogP contribution in [-0.4, -0.2) is 20.8 Å². The van der Waals surface area contributed by atoms with Crippen molar-refractivity contribution in [1.29, 1.82) is 0 Å². The average molecular weight is 254 g/mol. The standard InChI is InChI=1S/C13H16ClNO2/c1-4-5-6-17-13-10(9-15-2)7-11(14)8-12(13)16-3/h1,7-8,15H,5-6,9H2,2-3H3. The number of rotatable bonds is 6. The van der Waals surface area contributed by atoms with Gasteiger partial charge in [-0.3, -0.25) is 0 Å². The van der Waals surface area contributed by atoms with E-state index in [-0.39, 0.29) is 0 Å². The molecule has 0 aliphatic heterocycles. The highest BCUT2D eigenvalue weighted by Crippen LogP contribution is 2.34. The molecule has 0 saturated carbocycles. The van der Waals surface area contributed by atoms with Crippen LogP contribution in [0.3, 0.4) is 0 Å². The molecule has 0 aliphatic carbocycles. The fourth-order valence-electron chi connectivity index (χ4n) is 1.47. The first-order valence-electron chi connectivity index (χ1n) is 5.30. The number of halogens is 1. The minimum Gasteiger partial charge on any atom is -0.493 e. The maximum atomic E-state index is 6.00. The van der Waals surface area contributed by atoms with Gasteiger partial charge < -0.3 is 14.8 Å². The van der Waals surface area contributed by atoms with Gasteiger partial charge in [-0.25, -0.2) is 0 Å². The van der Waals surface area contributed by atoms with Crippen molar-refractivity contribution in [3.8, 4) is 23.8 Å². The topological polar surface area (TPSA) is 30.5 Å². The van der Waals surface area contributed by atoms with Crippen LogP contribution in [0.2, 0.25) is 5.02 Å². The molecule has 1 rings (SSSR count). The second-order valence-electron chi connectivity index (χ2n) is 3.43. The molecule has 0 bridgehead atoms. The molecule has 4 heteroatoms. The number of methoxy groups -OCH3 is 1. The number of hydrogen-bond donors (Lipinski definition) is 1. The van der Waals surface area contributed by atoms with Gasteiger partial charge in [0.05, 0.1) is 13.7 Å². The first-order valence-corrected chi connectivity index (χ1v) is 5.68. The molecule has 0 atom stereocenters. The van der Waals surface area contributed by atoms with E-state index < -0.39 is 0 Å². The third-order valence-electron chi connectivity index (χ3n) is 2.18. The SMILES string of the molecule is C#CCCOc1c(CNC)cc(Cl)cc1OC. The minimum absolute atomic E-state index is 0.463. The molecule has 0 amide bonds. The summed E-state index contributed by atoms with van der Waals surface area (Å²) in [6.45, 7) is 1.12. The van der Waals surface area contributed by atoms with E-state index in [0.29, 0.717) is 36.1 Å². The van der Waals surface area contributed by atoms with Crippen LogP contribution in [0.15, 0.2) is 12.1 Å². The second kappa shape index (κ2) is 7.05. The Kier molecular flexibility index (Phi) is 5.68. The maximum absolute atomic E-state index is 6.00. The Morgan fingerprint density at radius 1 is 1.47 bits per heavy atom.